The predicted molar refractivity (Wildman–Crippen MR) is 66.5 cm³/mol. The largest absolute Gasteiger partial charge is 0.279 e. The first-order chi connectivity index (χ1) is 8.49. The van der Waals surface area contributed by atoms with Crippen molar-refractivity contribution in [3.8, 4) is 0 Å². The van der Waals surface area contributed by atoms with Gasteiger partial charge in [-0.05, 0) is 24.3 Å². The van der Waals surface area contributed by atoms with Gasteiger partial charge >= 0.3 is 0 Å². The normalized spacial score (nSPS) is 11.2. The third-order valence-electron chi connectivity index (χ3n) is 2.10. The number of hydrogen-bond acceptors (Lipinski definition) is 3. The maximum atomic E-state index is 13.4. The van der Waals surface area contributed by atoms with Crippen molar-refractivity contribution in [2.24, 2.45) is 0 Å². The van der Waals surface area contributed by atoms with E-state index in [0.29, 0.717) is 0 Å². The molecule has 0 amide bonds. The van der Waals surface area contributed by atoms with Gasteiger partial charge in [0.25, 0.3) is 10.0 Å². The molecule has 1 aromatic carbocycles. The fourth-order valence-electron chi connectivity index (χ4n) is 1.34. The fourth-order valence-corrected chi connectivity index (χ4v) is 2.64. The smallest absolute Gasteiger partial charge is 0.264 e. The molecule has 0 radical (unpaired) electrons. The monoisotopic (exact) mass is 286 g/mol. The molecule has 1 heterocycles. The molecule has 0 fully saturated rings. The highest BCUT2D eigenvalue weighted by Crippen LogP contribution is 2.19. The standard InChI is InChI=1S/C11H8ClFN2O2S/c12-11-7-8(5-6-14-11)15-18(16,17)10-4-2-1-3-9(10)13/h1-7H,(H,14,15). The zero-order chi connectivity index (χ0) is 13.2. The summed E-state index contributed by atoms with van der Waals surface area (Å²) in [6.07, 6.45) is 1.35. The second-order valence-electron chi connectivity index (χ2n) is 3.40. The van der Waals surface area contributed by atoms with Crippen LogP contribution >= 0.6 is 11.6 Å². The molecule has 0 unspecified atom stereocenters. The number of anilines is 1. The number of halogens is 2. The number of rotatable bonds is 3. The van der Waals surface area contributed by atoms with Crippen LogP contribution in [0.25, 0.3) is 0 Å². The Morgan fingerprint density at radius 2 is 1.94 bits per heavy atom. The quantitative estimate of drug-likeness (QED) is 0.883. The van der Waals surface area contributed by atoms with Crippen LogP contribution in [0, 0.1) is 5.82 Å². The third kappa shape index (κ3) is 2.77. The summed E-state index contributed by atoms with van der Waals surface area (Å²) in [5.41, 5.74) is 0.221. The molecule has 0 aliphatic carbocycles. The Morgan fingerprint density at radius 1 is 1.22 bits per heavy atom. The number of nitrogens with one attached hydrogen (secondary N) is 1. The van der Waals surface area contributed by atoms with Gasteiger partial charge in [-0.25, -0.2) is 17.8 Å². The summed E-state index contributed by atoms with van der Waals surface area (Å²) in [7, 11) is -3.97. The Hall–Kier alpha value is -1.66. The highest BCUT2D eigenvalue weighted by molar-refractivity contribution is 7.92. The van der Waals surface area contributed by atoms with E-state index in [1.807, 2.05) is 0 Å². The van der Waals surface area contributed by atoms with Crippen molar-refractivity contribution >= 4 is 27.3 Å². The number of aromatic nitrogens is 1. The molecule has 0 spiro atoms. The van der Waals surface area contributed by atoms with E-state index < -0.39 is 20.7 Å². The first-order valence-corrected chi connectivity index (χ1v) is 6.74. The summed E-state index contributed by atoms with van der Waals surface area (Å²) in [5, 5.41) is 0.142. The van der Waals surface area contributed by atoms with Gasteiger partial charge in [0.1, 0.15) is 15.9 Å². The predicted octanol–water partition coefficient (Wildman–Crippen LogP) is 2.67. The molecule has 7 heteroatoms. The van der Waals surface area contributed by atoms with Gasteiger partial charge in [-0.2, -0.15) is 0 Å². The summed E-state index contributed by atoms with van der Waals surface area (Å²) >= 11 is 5.63. The minimum atomic E-state index is -3.97. The molecule has 0 saturated carbocycles. The van der Waals surface area contributed by atoms with Crippen molar-refractivity contribution in [2.75, 3.05) is 4.72 Å². The summed E-state index contributed by atoms with van der Waals surface area (Å²) in [6.45, 7) is 0. The Morgan fingerprint density at radius 3 is 2.61 bits per heavy atom. The fraction of sp³-hybridized carbons (Fsp3) is 0. The van der Waals surface area contributed by atoms with Gasteiger partial charge in [-0.15, -0.1) is 0 Å². The van der Waals surface area contributed by atoms with Crippen molar-refractivity contribution < 1.29 is 12.8 Å². The van der Waals surface area contributed by atoms with E-state index in [4.69, 9.17) is 11.6 Å². The molecule has 2 aromatic rings. The Bertz CT molecular complexity index is 676. The Balaban J connectivity index is 2.37. The minimum Gasteiger partial charge on any atom is -0.279 e. The lowest BCUT2D eigenvalue weighted by Crippen LogP contribution is -2.14. The van der Waals surface area contributed by atoms with E-state index in [-0.39, 0.29) is 10.8 Å². The van der Waals surface area contributed by atoms with Gasteiger partial charge in [-0.3, -0.25) is 4.72 Å². The number of hydrogen-bond donors (Lipinski definition) is 1. The summed E-state index contributed by atoms with van der Waals surface area (Å²) in [6, 6.07) is 7.87. The highest BCUT2D eigenvalue weighted by atomic mass is 35.5. The minimum absolute atomic E-state index is 0.142. The van der Waals surface area contributed by atoms with Gasteiger partial charge in [0.05, 0.1) is 5.69 Å². The van der Waals surface area contributed by atoms with E-state index >= 15 is 0 Å². The molecule has 0 aliphatic rings. The third-order valence-corrected chi connectivity index (χ3v) is 3.73. The van der Waals surface area contributed by atoms with Gasteiger partial charge in [0.2, 0.25) is 0 Å². The SMILES string of the molecule is O=S(=O)(Nc1ccnc(Cl)c1)c1ccccc1F. The van der Waals surface area contributed by atoms with Crippen molar-refractivity contribution in [3.63, 3.8) is 0 Å². The van der Waals surface area contributed by atoms with Crippen LogP contribution in [0.2, 0.25) is 5.15 Å². The molecule has 0 saturated heterocycles. The van der Waals surface area contributed by atoms with Crippen molar-refractivity contribution in [1.29, 1.82) is 0 Å². The molecule has 18 heavy (non-hydrogen) atoms. The summed E-state index contributed by atoms with van der Waals surface area (Å²) in [5.74, 6) is -0.815. The molecular weight excluding hydrogens is 279 g/mol. The average molecular weight is 287 g/mol. The highest BCUT2D eigenvalue weighted by Gasteiger charge is 2.18. The second-order valence-corrected chi connectivity index (χ2v) is 5.44. The van der Waals surface area contributed by atoms with E-state index in [0.717, 1.165) is 6.07 Å². The topological polar surface area (TPSA) is 59.1 Å². The molecule has 0 atom stereocenters. The number of pyridine rings is 1. The molecular formula is C11H8ClFN2O2S. The maximum Gasteiger partial charge on any atom is 0.264 e. The van der Waals surface area contributed by atoms with Crippen LogP contribution in [0.5, 0.6) is 0 Å². The van der Waals surface area contributed by atoms with E-state index in [2.05, 4.69) is 9.71 Å². The van der Waals surface area contributed by atoms with E-state index in [1.165, 1.54) is 36.5 Å². The van der Waals surface area contributed by atoms with Crippen LogP contribution in [0.1, 0.15) is 0 Å². The van der Waals surface area contributed by atoms with Crippen molar-refractivity contribution in [2.45, 2.75) is 4.90 Å². The lowest BCUT2D eigenvalue weighted by molar-refractivity contribution is 0.570. The molecule has 1 aromatic heterocycles. The zero-order valence-corrected chi connectivity index (χ0v) is 10.5. The molecule has 0 bridgehead atoms. The number of sulfonamides is 1. The molecule has 2 rings (SSSR count). The van der Waals surface area contributed by atoms with Gasteiger partial charge in [-0.1, -0.05) is 23.7 Å². The summed E-state index contributed by atoms with van der Waals surface area (Å²) in [4.78, 5) is 3.30. The summed E-state index contributed by atoms with van der Waals surface area (Å²) < 4.78 is 39.5. The first-order valence-electron chi connectivity index (χ1n) is 4.88. The van der Waals surface area contributed by atoms with Gasteiger partial charge in [0, 0.05) is 6.20 Å². The van der Waals surface area contributed by atoms with Gasteiger partial charge < -0.3 is 0 Å². The maximum absolute atomic E-state index is 13.4. The zero-order valence-electron chi connectivity index (χ0n) is 8.97. The van der Waals surface area contributed by atoms with Crippen LogP contribution in [0.15, 0.2) is 47.5 Å². The van der Waals surface area contributed by atoms with Crippen LogP contribution in [0.4, 0.5) is 10.1 Å². The van der Waals surface area contributed by atoms with Crippen LogP contribution < -0.4 is 4.72 Å². The van der Waals surface area contributed by atoms with Crippen LogP contribution in [-0.2, 0) is 10.0 Å². The number of nitrogens with zero attached hydrogens (tertiary/aromatic N) is 1. The van der Waals surface area contributed by atoms with Crippen LogP contribution in [0.3, 0.4) is 0 Å². The number of benzene rings is 1. The van der Waals surface area contributed by atoms with Crippen LogP contribution in [-0.4, -0.2) is 13.4 Å². The molecule has 1 N–H and O–H groups in total. The lowest BCUT2D eigenvalue weighted by atomic mass is 10.4. The van der Waals surface area contributed by atoms with E-state index in [9.17, 15) is 12.8 Å². The Labute approximate surface area is 108 Å². The first kappa shape index (κ1) is 12.8. The molecule has 4 nitrogen and oxygen atoms in total. The Kier molecular flexibility index (Phi) is 3.49. The average Bonchev–Trinajstić information content (AvgIpc) is 2.28. The lowest BCUT2D eigenvalue weighted by Gasteiger charge is -2.08. The molecule has 0 aliphatic heterocycles. The van der Waals surface area contributed by atoms with Crippen molar-refractivity contribution in [3.05, 3.63) is 53.6 Å². The van der Waals surface area contributed by atoms with Gasteiger partial charge in [0.15, 0.2) is 0 Å². The molecule has 94 valence electrons. The second kappa shape index (κ2) is 4.91. The van der Waals surface area contributed by atoms with E-state index in [1.54, 1.807) is 0 Å². The van der Waals surface area contributed by atoms with Crippen molar-refractivity contribution in [1.82, 2.24) is 4.98 Å².